The van der Waals surface area contributed by atoms with Gasteiger partial charge in [-0.15, -0.1) is 0 Å². The van der Waals surface area contributed by atoms with Gasteiger partial charge in [0.15, 0.2) is 0 Å². The number of imide groups is 1. The van der Waals surface area contributed by atoms with E-state index in [9.17, 15) is 19.2 Å². The van der Waals surface area contributed by atoms with Crippen molar-refractivity contribution in [1.29, 1.82) is 0 Å². The Labute approximate surface area is 192 Å². The van der Waals surface area contributed by atoms with Crippen LogP contribution in [0.25, 0.3) is 17.0 Å². The fourth-order valence-electron chi connectivity index (χ4n) is 3.59. The lowest BCUT2D eigenvalue weighted by atomic mass is 10.1. The summed E-state index contributed by atoms with van der Waals surface area (Å²) in [6, 6.07) is 9.46. The number of aromatic carboxylic acids is 1. The number of amides is 2. The summed E-state index contributed by atoms with van der Waals surface area (Å²) < 4.78 is 12.2. The lowest BCUT2D eigenvalue weighted by Crippen LogP contribution is -2.42. The zero-order valence-electron chi connectivity index (χ0n) is 17.8. The predicted molar refractivity (Wildman–Crippen MR) is 121 cm³/mol. The van der Waals surface area contributed by atoms with Gasteiger partial charge in [0.2, 0.25) is 5.76 Å². The van der Waals surface area contributed by atoms with E-state index in [0.29, 0.717) is 11.3 Å². The van der Waals surface area contributed by atoms with E-state index in [-0.39, 0.29) is 23.8 Å². The Kier molecular flexibility index (Phi) is 6.10. The van der Waals surface area contributed by atoms with Crippen molar-refractivity contribution in [1.82, 2.24) is 9.47 Å². The van der Waals surface area contributed by atoms with Crippen molar-refractivity contribution in [3.8, 4) is 0 Å². The Morgan fingerprint density at radius 2 is 1.97 bits per heavy atom. The van der Waals surface area contributed by atoms with Crippen molar-refractivity contribution in [3.05, 3.63) is 64.6 Å². The number of carboxylic acids is 1. The summed E-state index contributed by atoms with van der Waals surface area (Å²) in [5, 5.41) is 9.37. The largest absolute Gasteiger partial charge is 0.475 e. The van der Waals surface area contributed by atoms with E-state index < -0.39 is 29.1 Å². The van der Waals surface area contributed by atoms with E-state index in [1.807, 2.05) is 28.8 Å². The van der Waals surface area contributed by atoms with Crippen molar-refractivity contribution >= 4 is 51.8 Å². The molecule has 0 aliphatic carbocycles. The molecule has 10 heteroatoms. The number of esters is 1. The molecule has 0 unspecified atom stereocenters. The molecule has 4 rings (SSSR count). The molecule has 170 valence electrons. The predicted octanol–water partition coefficient (Wildman–Crippen LogP) is 3.97. The van der Waals surface area contributed by atoms with Gasteiger partial charge in [-0.05, 0) is 49.9 Å². The lowest BCUT2D eigenvalue weighted by Gasteiger charge is -2.19. The third-order valence-corrected chi connectivity index (χ3v) is 6.03. The van der Waals surface area contributed by atoms with Crippen LogP contribution in [0.3, 0.4) is 0 Å². The van der Waals surface area contributed by atoms with E-state index in [4.69, 9.17) is 14.3 Å². The van der Waals surface area contributed by atoms with E-state index >= 15 is 0 Å². The molecule has 2 aromatic heterocycles. The number of hydrogen-bond acceptors (Lipinski definition) is 7. The smallest absolute Gasteiger partial charge is 0.371 e. The van der Waals surface area contributed by atoms with Gasteiger partial charge in [-0.3, -0.25) is 14.5 Å². The van der Waals surface area contributed by atoms with Crippen LogP contribution < -0.4 is 0 Å². The molecule has 3 heterocycles. The average molecular weight is 468 g/mol. The number of furan rings is 1. The number of hydrogen-bond donors (Lipinski definition) is 1. The molecule has 1 atom stereocenters. The van der Waals surface area contributed by atoms with Crippen molar-refractivity contribution in [2.24, 2.45) is 0 Å². The normalized spacial score (nSPS) is 16.1. The summed E-state index contributed by atoms with van der Waals surface area (Å²) in [7, 11) is 0. The number of benzene rings is 1. The third kappa shape index (κ3) is 4.29. The lowest BCUT2D eigenvalue weighted by molar-refractivity contribution is -0.150. The first kappa shape index (κ1) is 22.4. The number of carbonyl (C=O) groups is 4. The van der Waals surface area contributed by atoms with Gasteiger partial charge in [-0.2, -0.15) is 0 Å². The fourth-order valence-corrected chi connectivity index (χ4v) is 4.49. The Balaban J connectivity index is 1.66. The van der Waals surface area contributed by atoms with Crippen LogP contribution in [0.2, 0.25) is 0 Å². The summed E-state index contributed by atoms with van der Waals surface area (Å²) in [5.74, 6) is -2.03. The quantitative estimate of drug-likeness (QED) is 0.409. The van der Waals surface area contributed by atoms with Crippen LogP contribution in [0.15, 0.2) is 51.9 Å². The second-order valence-electron chi connectivity index (χ2n) is 7.28. The second-order valence-corrected chi connectivity index (χ2v) is 8.27. The summed E-state index contributed by atoms with van der Waals surface area (Å²) in [6.07, 6.45) is 3.42. The van der Waals surface area contributed by atoms with Crippen molar-refractivity contribution in [2.45, 2.75) is 26.4 Å². The molecule has 1 aliphatic rings. The molecule has 9 nitrogen and oxygen atoms in total. The van der Waals surface area contributed by atoms with Gasteiger partial charge < -0.3 is 18.8 Å². The summed E-state index contributed by atoms with van der Waals surface area (Å²) in [6.45, 7) is 3.54. The Morgan fingerprint density at radius 3 is 2.67 bits per heavy atom. The molecule has 33 heavy (non-hydrogen) atoms. The number of carboxylic acid groups (broad SMARTS) is 1. The van der Waals surface area contributed by atoms with Crippen molar-refractivity contribution < 1.29 is 33.4 Å². The van der Waals surface area contributed by atoms with Crippen molar-refractivity contribution in [3.63, 3.8) is 0 Å². The number of nitrogens with zero attached hydrogens (tertiary/aromatic N) is 2. The standard InChI is InChI=1S/C23H20N2O7S/c1-3-31-22(29)13(2)25-20(26)19(33-23(25)30)10-14-11-24(17-7-5-4-6-16(14)17)12-15-8-9-18(32-15)21(27)28/h4-11,13H,3,12H2,1-2H3,(H,27,28)/b19-10+/t13-/m1/s1. The fraction of sp³-hybridized carbons (Fsp3) is 0.217. The topological polar surface area (TPSA) is 119 Å². The average Bonchev–Trinajstić information content (AvgIpc) is 3.46. The zero-order chi connectivity index (χ0) is 23.7. The number of para-hydroxylation sites is 1. The van der Waals surface area contributed by atoms with E-state index in [0.717, 1.165) is 27.6 Å². The van der Waals surface area contributed by atoms with Gasteiger partial charge in [0.1, 0.15) is 11.8 Å². The number of carbonyl (C=O) groups excluding carboxylic acids is 3. The van der Waals surface area contributed by atoms with E-state index in [1.165, 1.54) is 13.0 Å². The van der Waals surface area contributed by atoms with Crippen LogP contribution >= 0.6 is 11.8 Å². The molecule has 1 N–H and O–H groups in total. The van der Waals surface area contributed by atoms with Crippen LogP contribution in [-0.4, -0.2) is 50.3 Å². The van der Waals surface area contributed by atoms with Crippen molar-refractivity contribution in [2.75, 3.05) is 6.61 Å². The van der Waals surface area contributed by atoms with Gasteiger partial charge in [0.05, 0.1) is 18.1 Å². The SMILES string of the molecule is CCOC(=O)[C@@H](C)N1C(=O)S/C(=C/c2cn(Cc3ccc(C(=O)O)o3)c3ccccc23)C1=O. The number of aromatic nitrogens is 1. The Hall–Kier alpha value is -3.79. The number of thioether (sulfide) groups is 1. The number of ether oxygens (including phenoxy) is 1. The van der Waals surface area contributed by atoms with Gasteiger partial charge >= 0.3 is 11.9 Å². The van der Waals surface area contributed by atoms with E-state index in [1.54, 1.807) is 25.3 Å². The first-order valence-corrected chi connectivity index (χ1v) is 11.0. The highest BCUT2D eigenvalue weighted by atomic mass is 32.2. The maximum atomic E-state index is 12.9. The number of fused-ring (bicyclic) bond motifs is 1. The summed E-state index contributed by atoms with van der Waals surface area (Å²) in [4.78, 5) is 49.6. The van der Waals surface area contributed by atoms with Gasteiger partial charge in [-0.1, -0.05) is 18.2 Å². The van der Waals surface area contributed by atoms with Crippen LogP contribution in [0.1, 0.15) is 35.7 Å². The molecule has 0 bridgehead atoms. The third-order valence-electron chi connectivity index (χ3n) is 5.14. The highest BCUT2D eigenvalue weighted by Crippen LogP contribution is 2.35. The minimum atomic E-state index is -1.15. The molecule has 3 aromatic rings. The Morgan fingerprint density at radius 1 is 1.21 bits per heavy atom. The molecule has 0 spiro atoms. The first-order valence-electron chi connectivity index (χ1n) is 10.1. The summed E-state index contributed by atoms with van der Waals surface area (Å²) in [5.41, 5.74) is 1.54. The maximum Gasteiger partial charge on any atom is 0.371 e. The summed E-state index contributed by atoms with van der Waals surface area (Å²) >= 11 is 0.767. The molecule has 0 saturated carbocycles. The highest BCUT2D eigenvalue weighted by Gasteiger charge is 2.41. The van der Waals surface area contributed by atoms with Crippen LogP contribution in [-0.2, 0) is 20.9 Å². The minimum absolute atomic E-state index is 0.147. The monoisotopic (exact) mass is 468 g/mol. The maximum absolute atomic E-state index is 12.9. The molecular formula is C23H20N2O7S. The van der Waals surface area contributed by atoms with Crippen LogP contribution in [0, 0.1) is 0 Å². The minimum Gasteiger partial charge on any atom is -0.475 e. The molecule has 1 fully saturated rings. The molecule has 0 radical (unpaired) electrons. The highest BCUT2D eigenvalue weighted by molar-refractivity contribution is 8.18. The molecule has 1 saturated heterocycles. The molecular weight excluding hydrogens is 448 g/mol. The molecule has 1 aliphatic heterocycles. The first-order chi connectivity index (χ1) is 15.8. The zero-order valence-corrected chi connectivity index (χ0v) is 18.6. The van der Waals surface area contributed by atoms with Crippen LogP contribution in [0.4, 0.5) is 4.79 Å². The van der Waals surface area contributed by atoms with Gasteiger partial charge in [0, 0.05) is 22.7 Å². The van der Waals surface area contributed by atoms with Gasteiger partial charge in [0.25, 0.3) is 11.1 Å². The Bertz CT molecular complexity index is 1300. The number of rotatable bonds is 7. The van der Waals surface area contributed by atoms with Crippen LogP contribution in [0.5, 0.6) is 0 Å². The molecule has 2 amide bonds. The second kappa shape index (κ2) is 8.99. The molecule has 1 aromatic carbocycles. The van der Waals surface area contributed by atoms with E-state index in [2.05, 4.69) is 0 Å². The van der Waals surface area contributed by atoms with Gasteiger partial charge in [-0.25, -0.2) is 9.59 Å².